The van der Waals surface area contributed by atoms with Gasteiger partial charge in [-0.15, -0.1) is 0 Å². The molecule has 0 saturated carbocycles. The second-order valence-electron chi connectivity index (χ2n) is 4.53. The maximum Gasteiger partial charge on any atom is 0.219 e. The number of ether oxygens (including phenoxy) is 2. The first kappa shape index (κ1) is 14.3. The fourth-order valence-corrected chi connectivity index (χ4v) is 1.64. The molecule has 0 fully saturated rings. The van der Waals surface area contributed by atoms with E-state index in [1.165, 1.54) is 0 Å². The molecule has 1 heterocycles. The summed E-state index contributed by atoms with van der Waals surface area (Å²) in [7, 11) is 0. The third-order valence-electron chi connectivity index (χ3n) is 2.76. The lowest BCUT2D eigenvalue weighted by molar-refractivity contribution is 0.198. The summed E-state index contributed by atoms with van der Waals surface area (Å²) in [6.07, 6.45) is 2.07. The summed E-state index contributed by atoms with van der Waals surface area (Å²) in [5.41, 5.74) is 0.765. The molecule has 1 N–H and O–H groups in total. The van der Waals surface area contributed by atoms with Crippen LogP contribution in [0.4, 0.5) is 0 Å². The number of aliphatic hydroxyl groups is 1. The molecule has 1 aromatic carbocycles. The van der Waals surface area contributed by atoms with Crippen molar-refractivity contribution in [2.75, 3.05) is 6.61 Å². The molecular weight excluding hydrogens is 254 g/mol. The third kappa shape index (κ3) is 3.96. The van der Waals surface area contributed by atoms with Crippen LogP contribution < -0.4 is 9.47 Å². The first-order valence-corrected chi connectivity index (χ1v) is 6.73. The lowest BCUT2D eigenvalue weighted by atomic mass is 10.2. The molecule has 0 spiro atoms. The standard InChI is InChI=1S/C16H19NO3/c1-3-10-19-14-5-7-15(8-6-14)20-16-9-4-13(11-17-16)12(2)18/h4-9,11-12,18H,3,10H2,1-2H3. The van der Waals surface area contributed by atoms with Crippen LogP contribution in [0.15, 0.2) is 42.6 Å². The molecular formula is C16H19NO3. The molecule has 106 valence electrons. The smallest absolute Gasteiger partial charge is 0.219 e. The van der Waals surface area contributed by atoms with Crippen LogP contribution in [0, 0.1) is 0 Å². The van der Waals surface area contributed by atoms with Gasteiger partial charge in [-0.2, -0.15) is 0 Å². The van der Waals surface area contributed by atoms with Gasteiger partial charge < -0.3 is 14.6 Å². The van der Waals surface area contributed by atoms with Crippen LogP contribution in [0.2, 0.25) is 0 Å². The average Bonchev–Trinajstić information content (AvgIpc) is 2.47. The van der Waals surface area contributed by atoms with Crippen LogP contribution in [0.5, 0.6) is 17.4 Å². The molecule has 1 atom stereocenters. The topological polar surface area (TPSA) is 51.6 Å². The van der Waals surface area contributed by atoms with Crippen molar-refractivity contribution in [1.82, 2.24) is 4.98 Å². The van der Waals surface area contributed by atoms with Gasteiger partial charge in [-0.1, -0.05) is 6.92 Å². The predicted octanol–water partition coefficient (Wildman–Crippen LogP) is 3.72. The van der Waals surface area contributed by atoms with Crippen molar-refractivity contribution in [2.45, 2.75) is 26.4 Å². The summed E-state index contributed by atoms with van der Waals surface area (Å²) in [5.74, 6) is 2.03. The van der Waals surface area contributed by atoms with E-state index in [9.17, 15) is 5.11 Å². The Kier molecular flexibility index (Phi) is 4.96. The number of hydrogen-bond acceptors (Lipinski definition) is 4. The Bertz CT molecular complexity index is 520. The number of pyridine rings is 1. The van der Waals surface area contributed by atoms with E-state index in [1.807, 2.05) is 24.3 Å². The predicted molar refractivity (Wildman–Crippen MR) is 77.2 cm³/mol. The highest BCUT2D eigenvalue weighted by molar-refractivity contribution is 5.33. The molecule has 0 aliphatic rings. The molecule has 2 aromatic rings. The second-order valence-corrected chi connectivity index (χ2v) is 4.53. The van der Waals surface area contributed by atoms with Crippen LogP contribution in [0.3, 0.4) is 0 Å². The van der Waals surface area contributed by atoms with Crippen LogP contribution in [0.1, 0.15) is 31.9 Å². The van der Waals surface area contributed by atoms with Gasteiger partial charge in [-0.25, -0.2) is 4.98 Å². The highest BCUT2D eigenvalue weighted by Gasteiger charge is 2.03. The Morgan fingerprint density at radius 1 is 1.10 bits per heavy atom. The molecule has 20 heavy (non-hydrogen) atoms. The Morgan fingerprint density at radius 3 is 2.35 bits per heavy atom. The quantitative estimate of drug-likeness (QED) is 0.871. The van der Waals surface area contributed by atoms with Gasteiger partial charge >= 0.3 is 0 Å². The maximum absolute atomic E-state index is 9.41. The van der Waals surface area contributed by atoms with Crippen LogP contribution in [-0.4, -0.2) is 16.7 Å². The molecule has 2 rings (SSSR count). The van der Waals surface area contributed by atoms with Gasteiger partial charge in [0.1, 0.15) is 11.5 Å². The van der Waals surface area contributed by atoms with Crippen molar-refractivity contribution in [3.8, 4) is 17.4 Å². The van der Waals surface area contributed by atoms with Crippen LogP contribution in [-0.2, 0) is 0 Å². The van der Waals surface area contributed by atoms with Crippen LogP contribution >= 0.6 is 0 Å². The molecule has 1 aromatic heterocycles. The number of aromatic nitrogens is 1. The molecule has 0 aliphatic heterocycles. The summed E-state index contributed by atoms with van der Waals surface area (Å²) in [6.45, 7) is 4.48. The Labute approximate surface area is 119 Å². The van der Waals surface area contributed by atoms with E-state index in [0.29, 0.717) is 18.2 Å². The van der Waals surface area contributed by atoms with Crippen LogP contribution in [0.25, 0.3) is 0 Å². The molecule has 0 aliphatic carbocycles. The zero-order valence-corrected chi connectivity index (χ0v) is 11.7. The van der Waals surface area contributed by atoms with E-state index >= 15 is 0 Å². The molecule has 0 saturated heterocycles. The zero-order valence-electron chi connectivity index (χ0n) is 11.7. The van der Waals surface area contributed by atoms with E-state index in [1.54, 1.807) is 25.3 Å². The Balaban J connectivity index is 1.98. The Morgan fingerprint density at radius 2 is 1.80 bits per heavy atom. The van der Waals surface area contributed by atoms with E-state index < -0.39 is 6.10 Å². The molecule has 4 heteroatoms. The first-order chi connectivity index (χ1) is 9.69. The molecule has 4 nitrogen and oxygen atoms in total. The minimum Gasteiger partial charge on any atom is -0.494 e. The van der Waals surface area contributed by atoms with Crippen molar-refractivity contribution in [3.05, 3.63) is 48.2 Å². The fourth-order valence-electron chi connectivity index (χ4n) is 1.64. The minimum absolute atomic E-state index is 0.497. The second kappa shape index (κ2) is 6.91. The van der Waals surface area contributed by atoms with E-state index in [2.05, 4.69) is 11.9 Å². The van der Waals surface area contributed by atoms with Gasteiger partial charge in [-0.3, -0.25) is 0 Å². The molecule has 0 amide bonds. The Hall–Kier alpha value is -2.07. The number of aliphatic hydroxyl groups excluding tert-OH is 1. The lowest BCUT2D eigenvalue weighted by Gasteiger charge is -2.08. The average molecular weight is 273 g/mol. The summed E-state index contributed by atoms with van der Waals surface area (Å²) in [4.78, 5) is 4.15. The zero-order chi connectivity index (χ0) is 14.4. The SMILES string of the molecule is CCCOc1ccc(Oc2ccc(C(C)O)cn2)cc1. The van der Waals surface area contributed by atoms with Crippen molar-refractivity contribution in [3.63, 3.8) is 0 Å². The summed E-state index contributed by atoms with van der Waals surface area (Å²) < 4.78 is 11.1. The first-order valence-electron chi connectivity index (χ1n) is 6.73. The molecule has 0 bridgehead atoms. The largest absolute Gasteiger partial charge is 0.494 e. The minimum atomic E-state index is -0.522. The van der Waals surface area contributed by atoms with Crippen molar-refractivity contribution in [2.24, 2.45) is 0 Å². The van der Waals surface area contributed by atoms with Crippen molar-refractivity contribution < 1.29 is 14.6 Å². The van der Waals surface area contributed by atoms with Gasteiger partial charge in [-0.05, 0) is 49.2 Å². The highest BCUT2D eigenvalue weighted by atomic mass is 16.5. The maximum atomic E-state index is 9.41. The summed E-state index contributed by atoms with van der Waals surface area (Å²) >= 11 is 0. The van der Waals surface area contributed by atoms with Gasteiger partial charge in [0.15, 0.2) is 0 Å². The number of rotatable bonds is 6. The van der Waals surface area contributed by atoms with Gasteiger partial charge in [0.05, 0.1) is 12.7 Å². The normalized spacial score (nSPS) is 11.9. The summed E-state index contributed by atoms with van der Waals surface area (Å²) in [5, 5.41) is 9.41. The highest BCUT2D eigenvalue weighted by Crippen LogP contribution is 2.23. The molecule has 1 unspecified atom stereocenters. The number of nitrogens with zero attached hydrogens (tertiary/aromatic N) is 1. The fraction of sp³-hybridized carbons (Fsp3) is 0.312. The number of benzene rings is 1. The van der Waals surface area contributed by atoms with E-state index in [4.69, 9.17) is 9.47 Å². The van der Waals surface area contributed by atoms with E-state index in [0.717, 1.165) is 17.7 Å². The lowest BCUT2D eigenvalue weighted by Crippen LogP contribution is -1.95. The third-order valence-corrected chi connectivity index (χ3v) is 2.76. The van der Waals surface area contributed by atoms with Crippen molar-refractivity contribution >= 4 is 0 Å². The number of hydrogen-bond donors (Lipinski definition) is 1. The van der Waals surface area contributed by atoms with Gasteiger partial charge in [0.25, 0.3) is 0 Å². The molecule has 0 radical (unpaired) electrons. The van der Waals surface area contributed by atoms with Gasteiger partial charge in [0.2, 0.25) is 5.88 Å². The monoisotopic (exact) mass is 273 g/mol. The van der Waals surface area contributed by atoms with E-state index in [-0.39, 0.29) is 0 Å². The summed E-state index contributed by atoms with van der Waals surface area (Å²) in [6, 6.07) is 11.0. The van der Waals surface area contributed by atoms with Crippen molar-refractivity contribution in [1.29, 1.82) is 0 Å². The van der Waals surface area contributed by atoms with Gasteiger partial charge in [0, 0.05) is 12.3 Å².